The number of benzene rings is 12. The Morgan fingerprint density at radius 1 is 0.220 bits per heavy atom. The highest BCUT2D eigenvalue weighted by atomic mass is 16.5. The number of fused-ring (bicyclic) bond motifs is 6. The lowest BCUT2D eigenvalue weighted by Gasteiger charge is -2.29. The number of hydrogen-bond donors (Lipinski definition) is 0. The number of anilines is 12. The van der Waals surface area contributed by atoms with Gasteiger partial charge in [0.1, 0.15) is 17.2 Å². The fraction of sp³-hybridized carbons (Fsp3) is 0.143. The molecule has 0 aliphatic heterocycles. The van der Waals surface area contributed by atoms with E-state index >= 15 is 0 Å². The summed E-state index contributed by atoms with van der Waals surface area (Å²) >= 11 is 0. The number of ether oxygens (including phenoxy) is 3. The molecule has 0 bridgehead atoms. The fourth-order valence-corrected chi connectivity index (χ4v) is 13.7. The van der Waals surface area contributed by atoms with E-state index < -0.39 is 0 Å². The summed E-state index contributed by atoms with van der Waals surface area (Å²) in [4.78, 5) is 9.43. The molecular formula is C84H74N4O3. The van der Waals surface area contributed by atoms with Crippen molar-refractivity contribution in [3.8, 4) is 50.6 Å². The number of nitrogens with zero attached hydrogens (tertiary/aromatic N) is 4. The summed E-state index contributed by atoms with van der Waals surface area (Å²) in [5.74, 6) is 2.47. The van der Waals surface area contributed by atoms with Crippen LogP contribution in [0.25, 0.3) is 33.4 Å². The van der Waals surface area contributed by atoms with E-state index in [1.54, 1.807) is 21.3 Å². The van der Waals surface area contributed by atoms with Crippen LogP contribution in [0.2, 0.25) is 0 Å². The maximum absolute atomic E-state index is 5.67. The van der Waals surface area contributed by atoms with Gasteiger partial charge < -0.3 is 33.8 Å². The van der Waals surface area contributed by atoms with Crippen molar-refractivity contribution in [1.82, 2.24) is 0 Å². The van der Waals surface area contributed by atoms with Gasteiger partial charge in [-0.2, -0.15) is 0 Å². The van der Waals surface area contributed by atoms with E-state index in [1.807, 2.05) is 36.4 Å². The summed E-state index contributed by atoms with van der Waals surface area (Å²) in [5.41, 5.74) is 28.6. The Morgan fingerprint density at radius 2 is 0.396 bits per heavy atom. The summed E-state index contributed by atoms with van der Waals surface area (Å²) < 4.78 is 16.8. The summed E-state index contributed by atoms with van der Waals surface area (Å²) in [7, 11) is 5.14. The predicted molar refractivity (Wildman–Crippen MR) is 380 cm³/mol. The first-order valence-corrected chi connectivity index (χ1v) is 31.3. The molecule has 448 valence electrons. The Labute approximate surface area is 536 Å². The van der Waals surface area contributed by atoms with Crippen LogP contribution < -0.4 is 33.8 Å². The average molecular weight is 1190 g/mol. The van der Waals surface area contributed by atoms with Gasteiger partial charge in [-0.1, -0.05) is 129 Å². The van der Waals surface area contributed by atoms with E-state index in [0.29, 0.717) is 0 Å². The number of methoxy groups -OCH3 is 3. The molecule has 7 nitrogen and oxygen atoms in total. The monoisotopic (exact) mass is 1190 g/mol. The summed E-state index contributed by atoms with van der Waals surface area (Å²) in [6.07, 6.45) is 0. The molecule has 0 fully saturated rings. The molecule has 12 aromatic carbocycles. The first kappa shape index (κ1) is 58.0. The van der Waals surface area contributed by atoms with E-state index in [0.717, 1.165) is 96.6 Å². The Morgan fingerprint density at radius 3 is 0.593 bits per heavy atom. The van der Waals surface area contributed by atoms with Crippen LogP contribution in [0, 0.1) is 20.8 Å². The van der Waals surface area contributed by atoms with Crippen molar-refractivity contribution in [3.63, 3.8) is 0 Å². The van der Waals surface area contributed by atoms with Crippen molar-refractivity contribution in [1.29, 1.82) is 0 Å². The average Bonchev–Trinajstić information content (AvgIpc) is 1.66. The van der Waals surface area contributed by atoms with Gasteiger partial charge >= 0.3 is 0 Å². The van der Waals surface area contributed by atoms with Gasteiger partial charge in [0.2, 0.25) is 0 Å². The highest BCUT2D eigenvalue weighted by molar-refractivity contribution is 5.91. The predicted octanol–water partition coefficient (Wildman–Crippen LogP) is 22.8. The minimum absolute atomic E-state index is 0.286. The summed E-state index contributed by atoms with van der Waals surface area (Å²) in [6.45, 7) is 15.9. The molecule has 7 heteroatoms. The van der Waals surface area contributed by atoms with E-state index in [4.69, 9.17) is 14.2 Å². The molecule has 0 aromatic heterocycles. The Balaban J connectivity index is 0.767. The third-order valence-corrected chi connectivity index (χ3v) is 18.8. The van der Waals surface area contributed by atoms with E-state index in [1.165, 1.54) is 61.2 Å². The van der Waals surface area contributed by atoms with E-state index in [2.05, 4.69) is 299 Å². The molecule has 0 spiro atoms. The summed E-state index contributed by atoms with van der Waals surface area (Å²) in [5, 5.41) is 0. The second-order valence-electron chi connectivity index (χ2n) is 25.2. The third kappa shape index (κ3) is 10.6. The lowest BCUT2D eigenvalue weighted by atomic mass is 9.82. The van der Waals surface area contributed by atoms with Crippen molar-refractivity contribution in [3.05, 3.63) is 306 Å². The van der Waals surface area contributed by atoms with Gasteiger partial charge in [-0.05, 0) is 258 Å². The maximum atomic E-state index is 5.67. The summed E-state index contributed by atoms with van der Waals surface area (Å²) in [6, 6.07) is 97.4. The highest BCUT2D eigenvalue weighted by Crippen LogP contribution is 2.55. The first-order chi connectivity index (χ1) is 44.2. The largest absolute Gasteiger partial charge is 0.497 e. The molecule has 0 amide bonds. The maximum Gasteiger partial charge on any atom is 0.119 e. The fourth-order valence-electron chi connectivity index (χ4n) is 13.7. The standard InChI is InChI=1S/C84H74N4O3/c1-55-11-21-60(22-12-55)85(68-37-47-75-76-48-38-69(52-80(76)83(4,5)79(75)51-68)86(61-23-13-56(2)14-24-61)65-31-41-72(89-8)42-32-65)63-27-17-58(18-28-63)59-19-29-64(30-20-59)88(67-35-45-74(91-10)46-36-67)71-40-50-78-77-49-39-70(53-81(77)84(6,7)82(78)54-71)87(62-25-15-57(3)16-26-62)66-33-43-73(90-9)44-34-66/h11-54H,1-10H3. The Bertz CT molecular complexity index is 4630. The van der Waals surface area contributed by atoms with Gasteiger partial charge in [-0.25, -0.2) is 0 Å². The molecule has 0 radical (unpaired) electrons. The molecular weight excluding hydrogens is 1110 g/mol. The lowest BCUT2D eigenvalue weighted by molar-refractivity contribution is 0.414. The zero-order valence-electron chi connectivity index (χ0n) is 53.4. The molecule has 91 heavy (non-hydrogen) atoms. The minimum atomic E-state index is -0.301. The van der Waals surface area contributed by atoms with Crippen LogP contribution in [-0.2, 0) is 10.8 Å². The Kier molecular flexibility index (Phi) is 14.8. The van der Waals surface area contributed by atoms with Crippen LogP contribution in [0.5, 0.6) is 17.2 Å². The van der Waals surface area contributed by atoms with Gasteiger partial charge in [-0.15, -0.1) is 0 Å². The second kappa shape index (κ2) is 23.3. The molecule has 0 saturated heterocycles. The molecule has 2 aliphatic carbocycles. The molecule has 0 heterocycles. The first-order valence-electron chi connectivity index (χ1n) is 31.3. The van der Waals surface area contributed by atoms with Gasteiger partial charge in [0.25, 0.3) is 0 Å². The van der Waals surface area contributed by atoms with Crippen molar-refractivity contribution >= 4 is 68.2 Å². The zero-order valence-corrected chi connectivity index (χ0v) is 53.4. The topological polar surface area (TPSA) is 40.7 Å². The zero-order chi connectivity index (χ0) is 62.7. The van der Waals surface area contributed by atoms with Gasteiger partial charge in [0, 0.05) is 79.1 Å². The van der Waals surface area contributed by atoms with Crippen LogP contribution >= 0.6 is 0 Å². The second-order valence-corrected chi connectivity index (χ2v) is 25.2. The van der Waals surface area contributed by atoms with Gasteiger partial charge in [0.15, 0.2) is 0 Å². The third-order valence-electron chi connectivity index (χ3n) is 18.8. The molecule has 0 atom stereocenters. The van der Waals surface area contributed by atoms with Crippen molar-refractivity contribution in [2.45, 2.75) is 59.3 Å². The van der Waals surface area contributed by atoms with Crippen LogP contribution in [0.4, 0.5) is 68.2 Å². The van der Waals surface area contributed by atoms with E-state index in [-0.39, 0.29) is 10.8 Å². The van der Waals surface area contributed by atoms with Crippen LogP contribution in [0.1, 0.15) is 66.6 Å². The number of aryl methyl sites for hydroxylation is 3. The lowest BCUT2D eigenvalue weighted by Crippen LogP contribution is -2.17. The van der Waals surface area contributed by atoms with Crippen LogP contribution in [0.15, 0.2) is 267 Å². The van der Waals surface area contributed by atoms with Gasteiger partial charge in [0.05, 0.1) is 21.3 Å². The van der Waals surface area contributed by atoms with Crippen LogP contribution in [0.3, 0.4) is 0 Å². The highest BCUT2D eigenvalue weighted by Gasteiger charge is 2.39. The molecule has 0 N–H and O–H groups in total. The minimum Gasteiger partial charge on any atom is -0.497 e. The van der Waals surface area contributed by atoms with Crippen LogP contribution in [-0.4, -0.2) is 21.3 Å². The molecule has 2 aliphatic rings. The normalized spacial score (nSPS) is 12.9. The molecule has 0 saturated carbocycles. The molecule has 14 rings (SSSR count). The quantitative estimate of drug-likeness (QED) is 0.0955. The van der Waals surface area contributed by atoms with Crippen molar-refractivity contribution in [2.75, 3.05) is 40.9 Å². The van der Waals surface area contributed by atoms with Crippen molar-refractivity contribution < 1.29 is 14.2 Å². The number of hydrogen-bond acceptors (Lipinski definition) is 7. The molecule has 0 unspecified atom stereocenters. The SMILES string of the molecule is COc1ccc(N(c2ccc(C)cc2)c2ccc3c(c2)C(C)(C)c2cc(N(c4ccc(C)cc4)c4ccc(-c5ccc(N(c6ccc(OC)cc6)c6ccc7c(c6)C(C)(C)c6cc(N(c8ccc(C)cc8)c8ccc(OC)cc8)ccc6-7)cc5)cc4)ccc2-3)cc1. The van der Waals surface area contributed by atoms with Crippen molar-refractivity contribution in [2.24, 2.45) is 0 Å². The Hall–Kier alpha value is -10.8. The smallest absolute Gasteiger partial charge is 0.119 e. The number of rotatable bonds is 16. The van der Waals surface area contributed by atoms with Gasteiger partial charge in [-0.3, -0.25) is 0 Å². The van der Waals surface area contributed by atoms with E-state index in [9.17, 15) is 0 Å². The molecule has 12 aromatic rings.